The van der Waals surface area contributed by atoms with Crippen molar-refractivity contribution in [2.45, 2.75) is 25.8 Å². The first-order valence-electron chi connectivity index (χ1n) is 12.1. The number of phenols is 1. The highest BCUT2D eigenvalue weighted by molar-refractivity contribution is 5.72. The highest BCUT2D eigenvalue weighted by Gasteiger charge is 2.20. The predicted molar refractivity (Wildman–Crippen MR) is 139 cm³/mol. The monoisotopic (exact) mass is 480 g/mol. The van der Waals surface area contributed by atoms with Gasteiger partial charge in [-0.2, -0.15) is 10.4 Å². The van der Waals surface area contributed by atoms with Gasteiger partial charge in [0.1, 0.15) is 11.8 Å². The zero-order valence-corrected chi connectivity index (χ0v) is 20.1. The number of aromatic nitrogens is 4. The van der Waals surface area contributed by atoms with Crippen molar-refractivity contribution in [1.82, 2.24) is 24.6 Å². The maximum absolute atomic E-state index is 9.49. The fourth-order valence-electron chi connectivity index (χ4n) is 4.38. The molecular weight excluding hydrogens is 452 g/mol. The van der Waals surface area contributed by atoms with E-state index < -0.39 is 0 Å². The molecule has 0 spiro atoms. The SMILES string of the molecule is CCN1CCC(n2cc(-c3cnc(Nc4ccc(C#N)c(Nc5ccc(O)cc5)c4)nc3)cn2)CC1. The molecule has 2 aromatic heterocycles. The Morgan fingerprint density at radius 2 is 1.69 bits per heavy atom. The topological polar surface area (TPSA) is 115 Å². The Morgan fingerprint density at radius 1 is 0.972 bits per heavy atom. The van der Waals surface area contributed by atoms with Crippen LogP contribution in [-0.2, 0) is 0 Å². The van der Waals surface area contributed by atoms with E-state index in [2.05, 4.69) is 54.5 Å². The molecule has 3 heterocycles. The van der Waals surface area contributed by atoms with E-state index in [9.17, 15) is 10.4 Å². The summed E-state index contributed by atoms with van der Waals surface area (Å²) in [6.07, 6.45) is 9.76. The molecular formula is C27H28N8O. The second kappa shape index (κ2) is 10.5. The van der Waals surface area contributed by atoms with E-state index in [4.69, 9.17) is 0 Å². The van der Waals surface area contributed by atoms with Gasteiger partial charge in [0.2, 0.25) is 5.95 Å². The number of nitrogens with zero attached hydrogens (tertiary/aromatic N) is 6. The fraction of sp³-hybridized carbons (Fsp3) is 0.259. The highest BCUT2D eigenvalue weighted by Crippen LogP contribution is 2.28. The van der Waals surface area contributed by atoms with Crippen LogP contribution in [-0.4, -0.2) is 49.4 Å². The van der Waals surface area contributed by atoms with E-state index in [0.717, 1.165) is 55.0 Å². The fourth-order valence-corrected chi connectivity index (χ4v) is 4.38. The lowest BCUT2D eigenvalue weighted by Crippen LogP contribution is -2.34. The molecule has 0 bridgehead atoms. The summed E-state index contributed by atoms with van der Waals surface area (Å²) in [5.41, 5.74) is 4.56. The first-order valence-corrected chi connectivity index (χ1v) is 12.1. The van der Waals surface area contributed by atoms with E-state index >= 15 is 0 Å². The van der Waals surface area contributed by atoms with Crippen molar-refractivity contribution in [3.63, 3.8) is 0 Å². The van der Waals surface area contributed by atoms with Crippen molar-refractivity contribution >= 4 is 23.0 Å². The lowest BCUT2D eigenvalue weighted by atomic mass is 10.1. The standard InChI is InChI=1S/C27H28N8O/c1-2-34-11-9-24(10-12-34)35-18-21(17-31-35)20-15-29-27(30-16-20)33-23-4-3-19(14-28)26(13-23)32-22-5-7-25(36)8-6-22/h3-8,13,15-18,24,32,36H,2,9-12H2,1H3,(H,29,30,33). The molecule has 36 heavy (non-hydrogen) atoms. The Kier molecular flexibility index (Phi) is 6.78. The van der Waals surface area contributed by atoms with Gasteiger partial charge >= 0.3 is 0 Å². The number of nitrogens with one attached hydrogen (secondary N) is 2. The molecule has 182 valence electrons. The molecule has 9 heteroatoms. The van der Waals surface area contributed by atoms with Crippen molar-refractivity contribution in [3.05, 3.63) is 72.8 Å². The van der Waals surface area contributed by atoms with Crippen molar-refractivity contribution in [2.24, 2.45) is 0 Å². The third-order valence-electron chi connectivity index (χ3n) is 6.51. The number of likely N-dealkylation sites (tertiary alicyclic amines) is 1. The normalized spacial score (nSPS) is 14.3. The van der Waals surface area contributed by atoms with Crippen LogP contribution >= 0.6 is 0 Å². The van der Waals surface area contributed by atoms with Crippen LogP contribution < -0.4 is 10.6 Å². The van der Waals surface area contributed by atoms with E-state index in [1.54, 1.807) is 42.7 Å². The summed E-state index contributed by atoms with van der Waals surface area (Å²) in [7, 11) is 0. The second-order valence-electron chi connectivity index (χ2n) is 8.84. The Hall–Kier alpha value is -4.42. The van der Waals surface area contributed by atoms with Crippen LogP contribution in [0.15, 0.2) is 67.3 Å². The number of benzene rings is 2. The lowest BCUT2D eigenvalue weighted by Gasteiger charge is -2.31. The number of hydrogen-bond acceptors (Lipinski definition) is 8. The van der Waals surface area contributed by atoms with E-state index in [0.29, 0.717) is 23.2 Å². The van der Waals surface area contributed by atoms with Gasteiger partial charge in [0.05, 0.1) is 23.5 Å². The zero-order valence-electron chi connectivity index (χ0n) is 20.1. The van der Waals surface area contributed by atoms with Crippen LogP contribution in [0.25, 0.3) is 11.1 Å². The highest BCUT2D eigenvalue weighted by atomic mass is 16.3. The first-order chi connectivity index (χ1) is 17.6. The molecule has 0 atom stereocenters. The number of hydrogen-bond donors (Lipinski definition) is 3. The summed E-state index contributed by atoms with van der Waals surface area (Å²) in [5, 5.41) is 30.0. The number of anilines is 4. The maximum atomic E-state index is 9.49. The minimum Gasteiger partial charge on any atom is -0.508 e. The Balaban J connectivity index is 1.26. The van der Waals surface area contributed by atoms with Gasteiger partial charge in [0.25, 0.3) is 0 Å². The van der Waals surface area contributed by atoms with Gasteiger partial charge < -0.3 is 20.6 Å². The molecule has 0 unspecified atom stereocenters. The molecule has 1 aliphatic rings. The summed E-state index contributed by atoms with van der Waals surface area (Å²) in [6.45, 7) is 5.54. The summed E-state index contributed by atoms with van der Waals surface area (Å²) < 4.78 is 2.08. The molecule has 9 nitrogen and oxygen atoms in total. The average molecular weight is 481 g/mol. The van der Waals surface area contributed by atoms with Gasteiger partial charge in [-0.15, -0.1) is 0 Å². The molecule has 3 N–H and O–H groups in total. The largest absolute Gasteiger partial charge is 0.508 e. The van der Waals surface area contributed by atoms with E-state index in [1.165, 1.54) is 0 Å². The van der Waals surface area contributed by atoms with Gasteiger partial charge in [-0.3, -0.25) is 4.68 Å². The minimum absolute atomic E-state index is 0.182. The minimum atomic E-state index is 0.182. The van der Waals surface area contributed by atoms with Gasteiger partial charge in [0, 0.05) is 54.2 Å². The zero-order chi connectivity index (χ0) is 24.9. The van der Waals surface area contributed by atoms with E-state index in [-0.39, 0.29) is 5.75 Å². The van der Waals surface area contributed by atoms with Gasteiger partial charge in [-0.1, -0.05) is 6.92 Å². The molecule has 2 aromatic carbocycles. The summed E-state index contributed by atoms with van der Waals surface area (Å²) in [6, 6.07) is 14.7. The van der Waals surface area contributed by atoms with Gasteiger partial charge in [-0.05, 0) is 61.9 Å². The van der Waals surface area contributed by atoms with Crippen LogP contribution in [0.5, 0.6) is 5.75 Å². The molecule has 5 rings (SSSR count). The van der Waals surface area contributed by atoms with Crippen LogP contribution in [0.2, 0.25) is 0 Å². The second-order valence-corrected chi connectivity index (χ2v) is 8.84. The van der Waals surface area contributed by atoms with E-state index in [1.807, 2.05) is 18.3 Å². The van der Waals surface area contributed by atoms with Gasteiger partial charge in [-0.25, -0.2) is 9.97 Å². The van der Waals surface area contributed by atoms with Crippen LogP contribution in [0, 0.1) is 11.3 Å². The van der Waals surface area contributed by atoms with Crippen LogP contribution in [0.3, 0.4) is 0 Å². The van der Waals surface area contributed by atoms with Crippen molar-refractivity contribution < 1.29 is 5.11 Å². The molecule has 0 saturated carbocycles. The van der Waals surface area contributed by atoms with Crippen molar-refractivity contribution in [2.75, 3.05) is 30.3 Å². The first kappa shape index (κ1) is 23.3. The van der Waals surface area contributed by atoms with Gasteiger partial charge in [0.15, 0.2) is 0 Å². The van der Waals surface area contributed by atoms with Crippen molar-refractivity contribution in [3.8, 4) is 22.9 Å². The number of nitriles is 1. The Morgan fingerprint density at radius 3 is 2.39 bits per heavy atom. The summed E-state index contributed by atoms with van der Waals surface area (Å²) in [4.78, 5) is 11.4. The summed E-state index contributed by atoms with van der Waals surface area (Å²) in [5.74, 6) is 0.639. The number of piperidine rings is 1. The summed E-state index contributed by atoms with van der Waals surface area (Å²) >= 11 is 0. The number of rotatable bonds is 7. The van der Waals surface area contributed by atoms with Crippen molar-refractivity contribution in [1.29, 1.82) is 5.26 Å². The molecule has 0 aliphatic carbocycles. The number of phenolic OH excluding ortho intramolecular Hbond substituents is 1. The Labute approximate surface area is 210 Å². The molecule has 1 aliphatic heterocycles. The predicted octanol–water partition coefficient (Wildman–Crippen LogP) is 5.06. The third kappa shape index (κ3) is 5.29. The average Bonchev–Trinajstić information content (AvgIpc) is 3.41. The maximum Gasteiger partial charge on any atom is 0.227 e. The molecule has 1 saturated heterocycles. The number of aromatic hydroxyl groups is 1. The molecule has 1 fully saturated rings. The van der Waals surface area contributed by atoms with Crippen LogP contribution in [0.4, 0.5) is 23.0 Å². The third-order valence-corrected chi connectivity index (χ3v) is 6.51. The lowest BCUT2D eigenvalue weighted by molar-refractivity contribution is 0.187. The quantitative estimate of drug-likeness (QED) is 0.314. The molecule has 4 aromatic rings. The Bertz CT molecular complexity index is 1350. The molecule has 0 radical (unpaired) electrons. The smallest absolute Gasteiger partial charge is 0.227 e. The van der Waals surface area contributed by atoms with Crippen LogP contribution in [0.1, 0.15) is 31.4 Å². The molecule has 0 amide bonds.